The number of aryl methyl sites for hydroxylation is 1. The number of methoxy groups -OCH3 is 2. The number of hydrogen-bond donors (Lipinski definition) is 1. The summed E-state index contributed by atoms with van der Waals surface area (Å²) in [6, 6.07) is 9.48. The minimum atomic E-state index is -0.368. The van der Waals surface area contributed by atoms with Gasteiger partial charge in [-0.15, -0.1) is 22.7 Å². The lowest BCUT2D eigenvalue weighted by atomic mass is 10.1. The Morgan fingerprint density at radius 2 is 2.03 bits per heavy atom. The molecular formula is C23H25N3O4S2. The molecule has 0 spiro atoms. The van der Waals surface area contributed by atoms with Crippen molar-refractivity contribution in [2.75, 3.05) is 32.2 Å². The smallest absolute Gasteiger partial charge is 0.227 e. The van der Waals surface area contributed by atoms with Crippen molar-refractivity contribution in [3.8, 4) is 22.1 Å². The molecule has 2 aromatic heterocycles. The van der Waals surface area contributed by atoms with E-state index in [1.54, 1.807) is 60.0 Å². The first-order valence-corrected chi connectivity index (χ1v) is 12.0. The highest BCUT2D eigenvalue weighted by atomic mass is 32.1. The number of nitrogens with one attached hydrogen (secondary N) is 1. The summed E-state index contributed by atoms with van der Waals surface area (Å²) in [5.74, 6) is 0.618. The molecule has 2 amide bonds. The van der Waals surface area contributed by atoms with Gasteiger partial charge in [-0.2, -0.15) is 0 Å². The second-order valence-corrected chi connectivity index (χ2v) is 9.73. The zero-order valence-electron chi connectivity index (χ0n) is 18.2. The summed E-state index contributed by atoms with van der Waals surface area (Å²) >= 11 is 3.34. The fraction of sp³-hybridized carbons (Fsp3) is 0.348. The van der Waals surface area contributed by atoms with Crippen LogP contribution in [0.3, 0.4) is 0 Å². The number of aromatic nitrogens is 1. The summed E-state index contributed by atoms with van der Waals surface area (Å²) in [6.07, 6.45) is 0.950. The largest absolute Gasteiger partial charge is 0.493 e. The van der Waals surface area contributed by atoms with E-state index in [1.165, 1.54) is 4.88 Å². The van der Waals surface area contributed by atoms with E-state index in [1.807, 2.05) is 6.92 Å². The topological polar surface area (TPSA) is 80.8 Å². The molecule has 0 radical (unpaired) electrons. The number of rotatable bonds is 8. The Morgan fingerprint density at radius 3 is 2.75 bits per heavy atom. The maximum Gasteiger partial charge on any atom is 0.227 e. The van der Waals surface area contributed by atoms with Crippen LogP contribution in [-0.4, -0.2) is 44.1 Å². The number of carbonyl (C=O) groups excluding carboxylic acids is 2. The van der Waals surface area contributed by atoms with Crippen LogP contribution < -0.4 is 19.7 Å². The summed E-state index contributed by atoms with van der Waals surface area (Å²) in [5, 5.41) is 6.11. The molecule has 9 heteroatoms. The van der Waals surface area contributed by atoms with E-state index in [2.05, 4.69) is 27.8 Å². The van der Waals surface area contributed by atoms with Gasteiger partial charge >= 0.3 is 0 Å². The van der Waals surface area contributed by atoms with Gasteiger partial charge in [-0.3, -0.25) is 9.59 Å². The third kappa shape index (κ3) is 4.78. The number of hydrogen-bond acceptors (Lipinski definition) is 7. The van der Waals surface area contributed by atoms with Crippen molar-refractivity contribution in [1.82, 2.24) is 10.3 Å². The number of thiophene rings is 1. The van der Waals surface area contributed by atoms with Crippen LogP contribution in [0.15, 0.2) is 35.7 Å². The highest BCUT2D eigenvalue weighted by Gasteiger charge is 2.35. The van der Waals surface area contributed by atoms with Gasteiger partial charge in [0.25, 0.3) is 0 Å². The molecular weight excluding hydrogens is 446 g/mol. The van der Waals surface area contributed by atoms with Gasteiger partial charge in [0, 0.05) is 41.5 Å². The van der Waals surface area contributed by atoms with Crippen molar-refractivity contribution in [3.63, 3.8) is 0 Å². The van der Waals surface area contributed by atoms with Crippen molar-refractivity contribution in [3.05, 3.63) is 45.6 Å². The summed E-state index contributed by atoms with van der Waals surface area (Å²) in [7, 11) is 3.12. The normalized spacial score (nSPS) is 15.8. The monoisotopic (exact) mass is 471 g/mol. The van der Waals surface area contributed by atoms with Crippen LogP contribution in [0.25, 0.3) is 10.6 Å². The number of carbonyl (C=O) groups is 2. The Bertz CT molecular complexity index is 1120. The fourth-order valence-corrected chi connectivity index (χ4v) is 5.36. The predicted molar refractivity (Wildman–Crippen MR) is 127 cm³/mol. The number of nitrogens with zero attached hydrogens (tertiary/aromatic N) is 2. The lowest BCUT2D eigenvalue weighted by molar-refractivity contribution is -0.126. The molecule has 7 nitrogen and oxygen atoms in total. The molecule has 168 valence electrons. The van der Waals surface area contributed by atoms with E-state index >= 15 is 0 Å². The molecule has 3 heterocycles. The SMILES string of the molecule is COc1ccc(N2CC(C(=O)NCCc3ccc(-c4csc(C)n4)s3)CC2=O)cc1OC. The van der Waals surface area contributed by atoms with Gasteiger partial charge in [0.15, 0.2) is 11.5 Å². The van der Waals surface area contributed by atoms with E-state index in [0.717, 1.165) is 22.0 Å². The minimum Gasteiger partial charge on any atom is -0.493 e. The lowest BCUT2D eigenvalue weighted by Crippen LogP contribution is -2.34. The second-order valence-electron chi connectivity index (χ2n) is 7.50. The molecule has 1 fully saturated rings. The van der Waals surface area contributed by atoms with Gasteiger partial charge in [-0.05, 0) is 37.6 Å². The van der Waals surface area contributed by atoms with E-state index in [9.17, 15) is 9.59 Å². The number of thiazole rings is 1. The zero-order valence-corrected chi connectivity index (χ0v) is 19.8. The van der Waals surface area contributed by atoms with E-state index in [4.69, 9.17) is 9.47 Å². The molecule has 1 saturated heterocycles. The molecule has 4 rings (SSSR count). The van der Waals surface area contributed by atoms with Crippen molar-refractivity contribution >= 4 is 40.2 Å². The Balaban J connectivity index is 1.31. The van der Waals surface area contributed by atoms with Crippen molar-refractivity contribution < 1.29 is 19.1 Å². The Morgan fingerprint density at radius 1 is 1.22 bits per heavy atom. The summed E-state index contributed by atoms with van der Waals surface area (Å²) in [6.45, 7) is 2.89. The maximum absolute atomic E-state index is 12.7. The first-order valence-electron chi connectivity index (χ1n) is 10.3. The molecule has 1 atom stereocenters. The summed E-state index contributed by atoms with van der Waals surface area (Å²) < 4.78 is 10.6. The standard InChI is InChI=1S/C23H25N3O4S2/c1-14-25-18(13-31-14)21-7-5-17(32-21)8-9-24-23(28)15-10-22(27)26(12-15)16-4-6-19(29-2)20(11-16)30-3/h4-7,11,13,15H,8-10,12H2,1-3H3,(H,24,28). The van der Waals surface area contributed by atoms with Gasteiger partial charge < -0.3 is 19.7 Å². The summed E-state index contributed by atoms with van der Waals surface area (Å²) in [5.41, 5.74) is 1.71. The predicted octanol–water partition coefficient (Wildman–Crippen LogP) is 3.91. The molecule has 1 N–H and O–H groups in total. The van der Waals surface area contributed by atoms with Crippen LogP contribution in [0, 0.1) is 12.8 Å². The molecule has 0 bridgehead atoms. The van der Waals surface area contributed by atoms with Crippen LogP contribution in [0.1, 0.15) is 16.3 Å². The lowest BCUT2D eigenvalue weighted by Gasteiger charge is -2.18. The van der Waals surface area contributed by atoms with Crippen LogP contribution in [0.4, 0.5) is 5.69 Å². The Labute approximate surface area is 195 Å². The van der Waals surface area contributed by atoms with Crippen LogP contribution in [-0.2, 0) is 16.0 Å². The third-order valence-corrected chi connectivity index (χ3v) is 7.32. The highest BCUT2D eigenvalue weighted by molar-refractivity contribution is 7.16. The molecule has 1 aliphatic rings. The highest BCUT2D eigenvalue weighted by Crippen LogP contribution is 2.34. The van der Waals surface area contributed by atoms with E-state index < -0.39 is 0 Å². The molecule has 1 unspecified atom stereocenters. The van der Waals surface area contributed by atoms with Gasteiger partial charge in [0.05, 0.1) is 35.7 Å². The average Bonchev–Trinajstić information content (AvgIpc) is 3.53. The van der Waals surface area contributed by atoms with Gasteiger partial charge in [0.1, 0.15) is 0 Å². The zero-order chi connectivity index (χ0) is 22.7. The molecule has 0 aliphatic carbocycles. The van der Waals surface area contributed by atoms with Crippen molar-refractivity contribution in [2.24, 2.45) is 5.92 Å². The van der Waals surface area contributed by atoms with Crippen molar-refractivity contribution in [1.29, 1.82) is 0 Å². The summed E-state index contributed by atoms with van der Waals surface area (Å²) in [4.78, 5) is 33.7. The Kier molecular flexibility index (Phi) is 6.76. The second kappa shape index (κ2) is 9.70. The molecule has 1 aliphatic heterocycles. The molecule has 0 saturated carbocycles. The van der Waals surface area contributed by atoms with Gasteiger partial charge in [-0.25, -0.2) is 4.98 Å². The number of anilines is 1. The first-order chi connectivity index (χ1) is 15.5. The Hall–Kier alpha value is -2.91. The van der Waals surface area contributed by atoms with Crippen molar-refractivity contribution in [2.45, 2.75) is 19.8 Å². The number of ether oxygens (including phenoxy) is 2. The minimum absolute atomic E-state index is 0.0705. The maximum atomic E-state index is 12.7. The van der Waals surface area contributed by atoms with Gasteiger partial charge in [0.2, 0.25) is 11.8 Å². The molecule has 1 aromatic carbocycles. The quantitative estimate of drug-likeness (QED) is 0.539. The van der Waals surface area contributed by atoms with E-state index in [-0.39, 0.29) is 24.2 Å². The molecule has 32 heavy (non-hydrogen) atoms. The first kappa shape index (κ1) is 22.3. The van der Waals surface area contributed by atoms with Crippen LogP contribution in [0.5, 0.6) is 11.5 Å². The number of amides is 2. The third-order valence-electron chi connectivity index (χ3n) is 5.38. The van der Waals surface area contributed by atoms with Gasteiger partial charge in [-0.1, -0.05) is 0 Å². The molecule has 3 aromatic rings. The number of benzene rings is 1. The van der Waals surface area contributed by atoms with Crippen LogP contribution >= 0.6 is 22.7 Å². The van der Waals surface area contributed by atoms with E-state index in [0.29, 0.717) is 30.3 Å². The fourth-order valence-electron chi connectivity index (χ4n) is 3.71. The van der Waals surface area contributed by atoms with Crippen LogP contribution in [0.2, 0.25) is 0 Å². The average molecular weight is 472 g/mol.